The van der Waals surface area contributed by atoms with Crippen LogP contribution in [0, 0.1) is 0 Å². The van der Waals surface area contributed by atoms with E-state index in [4.69, 9.17) is 9.47 Å². The van der Waals surface area contributed by atoms with Crippen LogP contribution in [0.5, 0.6) is 5.88 Å². The first-order valence-electron chi connectivity index (χ1n) is 8.97. The number of nitrogens with zero attached hydrogens (tertiary/aromatic N) is 2. The first-order chi connectivity index (χ1) is 11.8. The van der Waals surface area contributed by atoms with Crippen molar-refractivity contribution in [1.82, 2.24) is 15.6 Å². The van der Waals surface area contributed by atoms with Crippen LogP contribution in [0.25, 0.3) is 0 Å². The average molecular weight is 464 g/mol. The van der Waals surface area contributed by atoms with E-state index < -0.39 is 0 Å². The van der Waals surface area contributed by atoms with Crippen molar-refractivity contribution < 1.29 is 9.47 Å². The van der Waals surface area contributed by atoms with Crippen LogP contribution in [0.2, 0.25) is 0 Å². The fourth-order valence-corrected chi connectivity index (χ4v) is 1.99. The highest BCUT2D eigenvalue weighted by Gasteiger charge is 1.99. The summed E-state index contributed by atoms with van der Waals surface area (Å²) < 4.78 is 10.8. The fourth-order valence-electron chi connectivity index (χ4n) is 1.99. The van der Waals surface area contributed by atoms with Crippen LogP contribution in [0.3, 0.4) is 0 Å². The largest absolute Gasteiger partial charge is 0.478 e. The molecule has 0 aliphatic carbocycles. The van der Waals surface area contributed by atoms with E-state index in [1.54, 1.807) is 0 Å². The van der Waals surface area contributed by atoms with E-state index in [1.807, 2.05) is 25.3 Å². The number of pyridine rings is 1. The second-order valence-electron chi connectivity index (χ2n) is 5.38. The third-order valence-corrected chi connectivity index (χ3v) is 3.23. The third kappa shape index (κ3) is 12.0. The van der Waals surface area contributed by atoms with Gasteiger partial charge in [-0.25, -0.2) is 9.98 Å². The average Bonchev–Trinajstić information content (AvgIpc) is 2.61. The maximum absolute atomic E-state index is 5.49. The summed E-state index contributed by atoms with van der Waals surface area (Å²) in [6, 6.07) is 3.90. The van der Waals surface area contributed by atoms with Gasteiger partial charge in [0.15, 0.2) is 5.96 Å². The molecule has 6 nitrogen and oxygen atoms in total. The summed E-state index contributed by atoms with van der Waals surface area (Å²) in [5.41, 5.74) is 1.06. The van der Waals surface area contributed by atoms with Crippen molar-refractivity contribution in [3.05, 3.63) is 23.9 Å². The Morgan fingerprint density at radius 1 is 1.12 bits per heavy atom. The summed E-state index contributed by atoms with van der Waals surface area (Å²) in [7, 11) is 0. The number of hydrogen-bond acceptors (Lipinski definition) is 4. The maximum atomic E-state index is 5.49. The van der Waals surface area contributed by atoms with Crippen LogP contribution in [0.1, 0.15) is 45.6 Å². The Morgan fingerprint density at radius 3 is 2.60 bits per heavy atom. The number of hydrogen-bond donors (Lipinski definition) is 2. The minimum Gasteiger partial charge on any atom is -0.478 e. The summed E-state index contributed by atoms with van der Waals surface area (Å²) in [5, 5.41) is 6.60. The molecular weight excluding hydrogens is 431 g/mol. The van der Waals surface area contributed by atoms with Crippen LogP contribution in [0.4, 0.5) is 0 Å². The van der Waals surface area contributed by atoms with Gasteiger partial charge in [0.1, 0.15) is 0 Å². The standard InChI is InChI=1S/C18H32N4O2.HI/c1-4-12-24-17-10-9-16(14-21-17)15-22-18(19-5-2)20-11-7-8-13-23-6-3;/h9-10,14H,4-8,11-13,15H2,1-3H3,(H2,19,20,22);1H. The number of unbranched alkanes of at least 4 members (excludes halogenated alkanes) is 1. The fraction of sp³-hybridized carbons (Fsp3) is 0.667. The Kier molecular flexibility index (Phi) is 15.7. The highest BCUT2D eigenvalue weighted by molar-refractivity contribution is 14.0. The molecule has 25 heavy (non-hydrogen) atoms. The molecule has 1 aromatic heterocycles. The highest BCUT2D eigenvalue weighted by atomic mass is 127. The van der Waals surface area contributed by atoms with Crippen LogP contribution >= 0.6 is 24.0 Å². The molecule has 1 rings (SSSR count). The molecule has 0 unspecified atom stereocenters. The normalized spacial score (nSPS) is 10.9. The molecule has 1 heterocycles. The zero-order valence-electron chi connectivity index (χ0n) is 15.7. The van der Waals surface area contributed by atoms with Crippen LogP contribution in [-0.2, 0) is 11.3 Å². The first kappa shape index (κ1) is 23.9. The van der Waals surface area contributed by atoms with Crippen molar-refractivity contribution in [3.63, 3.8) is 0 Å². The van der Waals surface area contributed by atoms with E-state index >= 15 is 0 Å². The van der Waals surface area contributed by atoms with Crippen molar-refractivity contribution in [2.75, 3.05) is 32.9 Å². The molecule has 0 aliphatic heterocycles. The summed E-state index contributed by atoms with van der Waals surface area (Å²) in [6.45, 7) is 10.8. The molecule has 7 heteroatoms. The third-order valence-electron chi connectivity index (χ3n) is 3.23. The SMILES string of the molecule is CCCOc1ccc(CN=C(NCC)NCCCCOCC)cn1.I. The van der Waals surface area contributed by atoms with Gasteiger partial charge in [-0.05, 0) is 38.7 Å². The topological polar surface area (TPSA) is 67.8 Å². The highest BCUT2D eigenvalue weighted by Crippen LogP contribution is 2.08. The maximum Gasteiger partial charge on any atom is 0.213 e. The molecular formula is C18H33IN4O2. The zero-order valence-corrected chi connectivity index (χ0v) is 18.0. The Bertz CT molecular complexity index is 455. The van der Waals surface area contributed by atoms with E-state index in [0.717, 1.165) is 57.1 Å². The van der Waals surface area contributed by atoms with Gasteiger partial charge < -0.3 is 20.1 Å². The lowest BCUT2D eigenvalue weighted by molar-refractivity contribution is 0.143. The van der Waals surface area contributed by atoms with Gasteiger partial charge in [-0.15, -0.1) is 24.0 Å². The molecule has 0 atom stereocenters. The summed E-state index contributed by atoms with van der Waals surface area (Å²) >= 11 is 0. The van der Waals surface area contributed by atoms with Crippen LogP contribution in [0.15, 0.2) is 23.3 Å². The van der Waals surface area contributed by atoms with E-state index in [-0.39, 0.29) is 24.0 Å². The number of aliphatic imine (C=N–C) groups is 1. The van der Waals surface area contributed by atoms with Crippen molar-refractivity contribution in [1.29, 1.82) is 0 Å². The molecule has 0 saturated heterocycles. The van der Waals surface area contributed by atoms with E-state index in [0.29, 0.717) is 19.0 Å². The monoisotopic (exact) mass is 464 g/mol. The molecule has 0 radical (unpaired) electrons. The lowest BCUT2D eigenvalue weighted by Crippen LogP contribution is -2.37. The van der Waals surface area contributed by atoms with E-state index in [1.165, 1.54) is 0 Å². The second-order valence-corrected chi connectivity index (χ2v) is 5.38. The predicted molar refractivity (Wildman–Crippen MR) is 114 cm³/mol. The Hall–Kier alpha value is -1.09. The van der Waals surface area contributed by atoms with Crippen molar-refractivity contribution in [2.45, 2.75) is 46.6 Å². The van der Waals surface area contributed by atoms with Gasteiger partial charge in [0.25, 0.3) is 0 Å². The lowest BCUT2D eigenvalue weighted by atomic mass is 10.3. The molecule has 0 bridgehead atoms. The summed E-state index contributed by atoms with van der Waals surface area (Å²) in [5.74, 6) is 1.50. The lowest BCUT2D eigenvalue weighted by Gasteiger charge is -2.11. The zero-order chi connectivity index (χ0) is 17.5. The molecule has 0 saturated carbocycles. The van der Waals surface area contributed by atoms with Gasteiger partial charge in [-0.3, -0.25) is 0 Å². The number of rotatable bonds is 12. The molecule has 0 spiro atoms. The van der Waals surface area contributed by atoms with Crippen molar-refractivity contribution >= 4 is 29.9 Å². The number of guanidine groups is 1. The number of halogens is 1. The quantitative estimate of drug-likeness (QED) is 0.215. The van der Waals surface area contributed by atoms with Crippen molar-refractivity contribution in [3.8, 4) is 5.88 Å². The molecule has 144 valence electrons. The van der Waals surface area contributed by atoms with Crippen molar-refractivity contribution in [2.24, 2.45) is 4.99 Å². The molecule has 0 fully saturated rings. The number of nitrogens with one attached hydrogen (secondary N) is 2. The van der Waals surface area contributed by atoms with Gasteiger partial charge in [-0.2, -0.15) is 0 Å². The predicted octanol–water partition coefficient (Wildman–Crippen LogP) is 3.36. The van der Waals surface area contributed by atoms with Crippen LogP contribution in [-0.4, -0.2) is 43.9 Å². The Labute approximate surface area is 169 Å². The summed E-state index contributed by atoms with van der Waals surface area (Å²) in [6.07, 6.45) is 4.93. The van der Waals surface area contributed by atoms with Gasteiger partial charge >= 0.3 is 0 Å². The minimum atomic E-state index is 0. The minimum absolute atomic E-state index is 0. The van der Waals surface area contributed by atoms with Gasteiger partial charge in [0.2, 0.25) is 5.88 Å². The molecule has 1 aromatic rings. The van der Waals surface area contributed by atoms with Gasteiger partial charge in [-0.1, -0.05) is 13.0 Å². The molecule has 0 amide bonds. The smallest absolute Gasteiger partial charge is 0.213 e. The summed E-state index contributed by atoms with van der Waals surface area (Å²) in [4.78, 5) is 8.89. The Morgan fingerprint density at radius 2 is 1.96 bits per heavy atom. The van der Waals surface area contributed by atoms with Gasteiger partial charge in [0, 0.05) is 38.6 Å². The molecule has 2 N–H and O–H groups in total. The molecule has 0 aliphatic rings. The second kappa shape index (κ2) is 16.4. The van der Waals surface area contributed by atoms with Crippen LogP contribution < -0.4 is 15.4 Å². The number of aromatic nitrogens is 1. The first-order valence-corrected chi connectivity index (χ1v) is 8.97. The van der Waals surface area contributed by atoms with E-state index in [2.05, 4.69) is 34.5 Å². The van der Waals surface area contributed by atoms with E-state index in [9.17, 15) is 0 Å². The number of ether oxygens (including phenoxy) is 2. The Balaban J connectivity index is 0.00000576. The molecule has 0 aromatic carbocycles. The van der Waals surface area contributed by atoms with Gasteiger partial charge in [0.05, 0.1) is 13.2 Å².